The Bertz CT molecular complexity index is 749. The average molecular weight is 269 g/mol. The van der Waals surface area contributed by atoms with Crippen molar-refractivity contribution < 1.29 is 9.18 Å². The highest BCUT2D eigenvalue weighted by atomic mass is 19.1. The van der Waals surface area contributed by atoms with E-state index in [-0.39, 0.29) is 5.82 Å². The van der Waals surface area contributed by atoms with Gasteiger partial charge < -0.3 is 0 Å². The van der Waals surface area contributed by atoms with Gasteiger partial charge in [0, 0.05) is 18.8 Å². The number of nitrogens with zero attached hydrogens (tertiary/aromatic N) is 3. The lowest BCUT2D eigenvalue weighted by Gasteiger charge is -2.01. The van der Waals surface area contributed by atoms with Crippen molar-refractivity contribution in [3.63, 3.8) is 0 Å². The first kappa shape index (κ1) is 12.5. The monoisotopic (exact) mass is 269 g/mol. The number of aldehydes is 1. The molecule has 0 aliphatic rings. The predicted molar refractivity (Wildman–Crippen MR) is 72.2 cm³/mol. The molecule has 1 aromatic carbocycles. The van der Waals surface area contributed by atoms with Crippen LogP contribution in [0.3, 0.4) is 0 Å². The third kappa shape index (κ3) is 2.30. The average Bonchev–Trinajstić information content (AvgIpc) is 2.85. The zero-order valence-corrected chi connectivity index (χ0v) is 10.7. The number of fused-ring (bicyclic) bond motifs is 1. The predicted octanol–water partition coefficient (Wildman–Crippen LogP) is 2.47. The first-order chi connectivity index (χ1) is 9.78. The Morgan fingerprint density at radius 3 is 2.75 bits per heavy atom. The van der Waals surface area contributed by atoms with Crippen LogP contribution in [0.25, 0.3) is 5.65 Å². The number of hydrogen-bond donors (Lipinski definition) is 0. The SMILES string of the molecule is O=Cc1nc(CCc2ccc(F)cc2)n2cccnc12. The second kappa shape index (κ2) is 5.21. The highest BCUT2D eigenvalue weighted by Gasteiger charge is 2.10. The lowest BCUT2D eigenvalue weighted by molar-refractivity contribution is 0.112. The second-order valence-electron chi connectivity index (χ2n) is 4.47. The molecule has 100 valence electrons. The molecule has 3 aromatic rings. The molecule has 0 amide bonds. The molecule has 5 heteroatoms. The standard InChI is InChI=1S/C15H12FN3O/c16-12-5-2-11(3-6-12)4-7-14-18-13(10-20)15-17-8-1-9-19(14)15/h1-3,5-6,8-10H,4,7H2. The van der Waals surface area contributed by atoms with E-state index in [1.54, 1.807) is 24.4 Å². The maximum Gasteiger partial charge on any atom is 0.172 e. The largest absolute Gasteiger partial charge is 0.296 e. The van der Waals surface area contributed by atoms with Crippen molar-refractivity contribution in [2.45, 2.75) is 12.8 Å². The Labute approximate surface area is 114 Å². The Morgan fingerprint density at radius 1 is 1.20 bits per heavy atom. The molecule has 0 aliphatic heterocycles. The smallest absolute Gasteiger partial charge is 0.172 e. The first-order valence-electron chi connectivity index (χ1n) is 6.29. The number of halogens is 1. The van der Waals surface area contributed by atoms with Crippen molar-refractivity contribution in [2.75, 3.05) is 0 Å². The number of aromatic nitrogens is 3. The van der Waals surface area contributed by atoms with Gasteiger partial charge in [0.2, 0.25) is 0 Å². The van der Waals surface area contributed by atoms with Crippen molar-refractivity contribution in [3.05, 3.63) is 65.6 Å². The quantitative estimate of drug-likeness (QED) is 0.683. The van der Waals surface area contributed by atoms with Crippen LogP contribution >= 0.6 is 0 Å². The van der Waals surface area contributed by atoms with Crippen LogP contribution < -0.4 is 0 Å². The van der Waals surface area contributed by atoms with E-state index in [0.717, 1.165) is 17.8 Å². The van der Waals surface area contributed by atoms with Crippen LogP contribution in [-0.4, -0.2) is 20.7 Å². The maximum absolute atomic E-state index is 12.8. The normalized spacial score (nSPS) is 10.8. The molecule has 0 atom stereocenters. The van der Waals surface area contributed by atoms with Crippen LogP contribution in [0.4, 0.5) is 4.39 Å². The van der Waals surface area contributed by atoms with Gasteiger partial charge in [-0.05, 0) is 30.2 Å². The third-order valence-electron chi connectivity index (χ3n) is 3.17. The van der Waals surface area contributed by atoms with Gasteiger partial charge in [-0.25, -0.2) is 14.4 Å². The van der Waals surface area contributed by atoms with Crippen LogP contribution in [0.5, 0.6) is 0 Å². The topological polar surface area (TPSA) is 47.3 Å². The van der Waals surface area contributed by atoms with E-state index in [1.807, 2.05) is 10.6 Å². The fraction of sp³-hybridized carbons (Fsp3) is 0.133. The molecule has 2 heterocycles. The molecule has 0 radical (unpaired) electrons. The minimum Gasteiger partial charge on any atom is -0.296 e. The third-order valence-corrected chi connectivity index (χ3v) is 3.17. The van der Waals surface area contributed by atoms with Gasteiger partial charge in [0.05, 0.1) is 0 Å². The number of imidazole rings is 1. The zero-order chi connectivity index (χ0) is 13.9. The molecule has 0 saturated heterocycles. The summed E-state index contributed by atoms with van der Waals surface area (Å²) in [5.74, 6) is 0.534. The molecule has 0 saturated carbocycles. The summed E-state index contributed by atoms with van der Waals surface area (Å²) in [6.07, 6.45) is 5.57. The van der Waals surface area contributed by atoms with Gasteiger partial charge in [-0.3, -0.25) is 9.20 Å². The summed E-state index contributed by atoms with van der Waals surface area (Å²) in [6, 6.07) is 8.19. The first-order valence-corrected chi connectivity index (χ1v) is 6.29. The number of carbonyl (C=O) groups is 1. The van der Waals surface area contributed by atoms with E-state index >= 15 is 0 Å². The maximum atomic E-state index is 12.8. The highest BCUT2D eigenvalue weighted by molar-refractivity contribution is 5.81. The van der Waals surface area contributed by atoms with Crippen LogP contribution in [0.2, 0.25) is 0 Å². The van der Waals surface area contributed by atoms with E-state index in [2.05, 4.69) is 9.97 Å². The molecule has 20 heavy (non-hydrogen) atoms. The van der Waals surface area contributed by atoms with Gasteiger partial charge in [0.1, 0.15) is 17.3 Å². The van der Waals surface area contributed by atoms with Crippen molar-refractivity contribution >= 4 is 11.9 Å². The molecular formula is C15H12FN3O. The van der Waals surface area contributed by atoms with E-state index in [0.29, 0.717) is 24.0 Å². The lowest BCUT2D eigenvalue weighted by atomic mass is 10.1. The van der Waals surface area contributed by atoms with Gasteiger partial charge >= 0.3 is 0 Å². The Kier molecular flexibility index (Phi) is 3.25. The van der Waals surface area contributed by atoms with E-state index in [4.69, 9.17) is 0 Å². The van der Waals surface area contributed by atoms with Crippen LogP contribution in [-0.2, 0) is 12.8 Å². The zero-order valence-electron chi connectivity index (χ0n) is 10.7. The van der Waals surface area contributed by atoms with Crippen LogP contribution in [0.1, 0.15) is 21.9 Å². The molecule has 0 N–H and O–H groups in total. The van der Waals surface area contributed by atoms with Crippen molar-refractivity contribution in [2.24, 2.45) is 0 Å². The van der Waals surface area contributed by atoms with Gasteiger partial charge in [0.25, 0.3) is 0 Å². The number of carbonyl (C=O) groups excluding carboxylic acids is 1. The number of aryl methyl sites for hydroxylation is 2. The fourth-order valence-corrected chi connectivity index (χ4v) is 2.17. The van der Waals surface area contributed by atoms with Gasteiger partial charge in [0.15, 0.2) is 11.9 Å². The summed E-state index contributed by atoms with van der Waals surface area (Å²) in [7, 11) is 0. The van der Waals surface area contributed by atoms with Crippen molar-refractivity contribution in [3.8, 4) is 0 Å². The molecule has 4 nitrogen and oxygen atoms in total. The minimum atomic E-state index is -0.243. The molecule has 0 bridgehead atoms. The number of rotatable bonds is 4. The Hall–Kier alpha value is -2.56. The van der Waals surface area contributed by atoms with Crippen LogP contribution in [0.15, 0.2) is 42.7 Å². The van der Waals surface area contributed by atoms with E-state index in [1.165, 1.54) is 12.1 Å². The second-order valence-corrected chi connectivity index (χ2v) is 4.47. The highest BCUT2D eigenvalue weighted by Crippen LogP contribution is 2.12. The molecule has 3 rings (SSSR count). The van der Waals surface area contributed by atoms with Crippen molar-refractivity contribution in [1.29, 1.82) is 0 Å². The number of benzene rings is 1. The lowest BCUT2D eigenvalue weighted by Crippen LogP contribution is -1.98. The summed E-state index contributed by atoms with van der Waals surface area (Å²) in [5.41, 5.74) is 1.94. The molecule has 0 fully saturated rings. The Morgan fingerprint density at radius 2 is 2.00 bits per heavy atom. The molecule has 0 aliphatic carbocycles. The summed E-state index contributed by atoms with van der Waals surface area (Å²) in [6.45, 7) is 0. The molecule has 0 spiro atoms. The van der Waals surface area contributed by atoms with Crippen molar-refractivity contribution in [1.82, 2.24) is 14.4 Å². The Balaban J connectivity index is 1.87. The number of hydrogen-bond acceptors (Lipinski definition) is 3. The minimum absolute atomic E-state index is 0.243. The van der Waals surface area contributed by atoms with E-state index in [9.17, 15) is 9.18 Å². The molecule has 2 aromatic heterocycles. The fourth-order valence-electron chi connectivity index (χ4n) is 2.17. The van der Waals surface area contributed by atoms with E-state index < -0.39 is 0 Å². The van der Waals surface area contributed by atoms with Gasteiger partial charge in [-0.2, -0.15) is 0 Å². The summed E-state index contributed by atoms with van der Waals surface area (Å²) in [4.78, 5) is 19.4. The van der Waals surface area contributed by atoms with Gasteiger partial charge in [-0.15, -0.1) is 0 Å². The van der Waals surface area contributed by atoms with Gasteiger partial charge in [-0.1, -0.05) is 12.1 Å². The molecular weight excluding hydrogens is 257 g/mol. The summed E-state index contributed by atoms with van der Waals surface area (Å²) >= 11 is 0. The summed E-state index contributed by atoms with van der Waals surface area (Å²) < 4.78 is 14.7. The molecule has 0 unspecified atom stereocenters. The van der Waals surface area contributed by atoms with Crippen LogP contribution in [0, 0.1) is 5.82 Å². The summed E-state index contributed by atoms with van der Waals surface area (Å²) in [5, 5.41) is 0.